The van der Waals surface area contributed by atoms with Crippen molar-refractivity contribution < 1.29 is 4.74 Å². The SMILES string of the molecule is N#Cc1ccc2c(c1)CCCC2Oc1cnc(C=N)c(N)c1. The number of hydrogen-bond donors (Lipinski definition) is 2. The summed E-state index contributed by atoms with van der Waals surface area (Å²) in [6.45, 7) is 0. The Balaban J connectivity index is 1.87. The number of nitrogen functional groups attached to an aromatic ring is 1. The predicted octanol–water partition coefficient (Wildman–Crippen LogP) is 2.99. The molecular weight excluding hydrogens is 276 g/mol. The lowest BCUT2D eigenvalue weighted by Gasteiger charge is -2.26. The number of nitrogens with zero attached hydrogens (tertiary/aromatic N) is 2. The van der Waals surface area contributed by atoms with Crippen LogP contribution < -0.4 is 10.5 Å². The minimum atomic E-state index is -0.0523. The maximum absolute atomic E-state index is 9.00. The third kappa shape index (κ3) is 2.63. The number of anilines is 1. The van der Waals surface area contributed by atoms with Gasteiger partial charge in [0, 0.05) is 12.3 Å². The first-order valence-corrected chi connectivity index (χ1v) is 7.17. The van der Waals surface area contributed by atoms with Crippen LogP contribution in [0.5, 0.6) is 5.75 Å². The number of nitrogens with two attached hydrogens (primary N) is 1. The largest absolute Gasteiger partial charge is 0.484 e. The molecule has 0 saturated carbocycles. The van der Waals surface area contributed by atoms with E-state index in [1.807, 2.05) is 18.2 Å². The summed E-state index contributed by atoms with van der Waals surface area (Å²) in [5.74, 6) is 0.602. The summed E-state index contributed by atoms with van der Waals surface area (Å²) in [5.41, 5.74) is 9.69. The zero-order valence-electron chi connectivity index (χ0n) is 12.0. The number of hydrogen-bond acceptors (Lipinski definition) is 5. The van der Waals surface area contributed by atoms with Gasteiger partial charge in [-0.05, 0) is 42.5 Å². The van der Waals surface area contributed by atoms with Crippen LogP contribution in [0, 0.1) is 16.7 Å². The van der Waals surface area contributed by atoms with E-state index in [0.717, 1.165) is 31.0 Å². The Morgan fingerprint density at radius 3 is 3.00 bits per heavy atom. The van der Waals surface area contributed by atoms with Crippen LogP contribution in [0.2, 0.25) is 0 Å². The summed E-state index contributed by atoms with van der Waals surface area (Å²) in [6, 6.07) is 9.61. The van der Waals surface area contributed by atoms with Gasteiger partial charge in [0.2, 0.25) is 0 Å². The lowest BCUT2D eigenvalue weighted by molar-refractivity contribution is 0.183. The average molecular weight is 292 g/mol. The number of pyridine rings is 1. The number of rotatable bonds is 3. The maximum Gasteiger partial charge on any atom is 0.140 e. The monoisotopic (exact) mass is 292 g/mol. The van der Waals surface area contributed by atoms with Crippen LogP contribution in [-0.2, 0) is 6.42 Å². The molecule has 2 aromatic rings. The van der Waals surface area contributed by atoms with E-state index < -0.39 is 0 Å². The Bertz CT molecular complexity index is 764. The second-order valence-electron chi connectivity index (χ2n) is 5.31. The highest BCUT2D eigenvalue weighted by Gasteiger charge is 2.22. The van der Waals surface area contributed by atoms with Crippen molar-refractivity contribution in [2.24, 2.45) is 0 Å². The van der Waals surface area contributed by atoms with Crippen LogP contribution in [0.1, 0.15) is 41.3 Å². The molecule has 22 heavy (non-hydrogen) atoms. The number of nitriles is 1. The molecule has 1 atom stereocenters. The molecular formula is C17H16N4O. The Labute approximate surface area is 128 Å². The van der Waals surface area contributed by atoms with Crippen molar-refractivity contribution in [2.75, 3.05) is 5.73 Å². The molecule has 1 aliphatic rings. The molecule has 0 amide bonds. The summed E-state index contributed by atoms with van der Waals surface area (Å²) in [7, 11) is 0. The lowest BCUT2D eigenvalue weighted by Crippen LogP contribution is -2.15. The standard InChI is InChI=1S/C17H16N4O/c18-8-11-4-5-14-12(6-11)2-1-3-17(14)22-13-7-15(20)16(9-19)21-10-13/h4-7,9-10,17,19H,1-3,20H2. The van der Waals surface area contributed by atoms with Crippen molar-refractivity contribution in [1.82, 2.24) is 4.98 Å². The minimum absolute atomic E-state index is 0.0523. The van der Waals surface area contributed by atoms with Crippen LogP contribution in [0.15, 0.2) is 30.5 Å². The topological polar surface area (TPSA) is 95.8 Å². The van der Waals surface area contributed by atoms with Gasteiger partial charge in [0.25, 0.3) is 0 Å². The van der Waals surface area contributed by atoms with Crippen LogP contribution in [0.4, 0.5) is 5.69 Å². The smallest absolute Gasteiger partial charge is 0.140 e. The molecule has 1 unspecified atom stereocenters. The molecule has 1 aromatic carbocycles. The quantitative estimate of drug-likeness (QED) is 0.850. The molecule has 3 rings (SSSR count). The van der Waals surface area contributed by atoms with Gasteiger partial charge in [-0.1, -0.05) is 6.07 Å². The van der Waals surface area contributed by atoms with Gasteiger partial charge in [-0.2, -0.15) is 5.26 Å². The number of ether oxygens (including phenoxy) is 1. The summed E-state index contributed by atoms with van der Waals surface area (Å²) in [6.07, 6.45) is 5.58. The first kappa shape index (κ1) is 14.1. The van der Waals surface area contributed by atoms with Crippen LogP contribution >= 0.6 is 0 Å². The van der Waals surface area contributed by atoms with E-state index >= 15 is 0 Å². The van der Waals surface area contributed by atoms with Crippen LogP contribution in [-0.4, -0.2) is 11.2 Å². The van der Waals surface area contributed by atoms with Crippen molar-refractivity contribution in [3.8, 4) is 11.8 Å². The second kappa shape index (κ2) is 5.86. The fourth-order valence-electron chi connectivity index (χ4n) is 2.78. The highest BCUT2D eigenvalue weighted by atomic mass is 16.5. The van der Waals surface area contributed by atoms with Gasteiger partial charge < -0.3 is 15.9 Å². The molecule has 1 heterocycles. The van der Waals surface area contributed by atoms with Crippen molar-refractivity contribution in [3.05, 3.63) is 52.8 Å². The van der Waals surface area contributed by atoms with Crippen molar-refractivity contribution in [3.63, 3.8) is 0 Å². The Kier molecular flexibility index (Phi) is 3.75. The van der Waals surface area contributed by atoms with Gasteiger partial charge in [-0.3, -0.25) is 0 Å². The van der Waals surface area contributed by atoms with Gasteiger partial charge in [0.05, 0.1) is 23.5 Å². The van der Waals surface area contributed by atoms with Gasteiger partial charge in [-0.25, -0.2) is 4.98 Å². The molecule has 5 nitrogen and oxygen atoms in total. The number of aromatic nitrogens is 1. The molecule has 1 aliphatic carbocycles. The highest BCUT2D eigenvalue weighted by molar-refractivity contribution is 5.82. The first-order chi connectivity index (χ1) is 10.7. The molecule has 0 bridgehead atoms. The van der Waals surface area contributed by atoms with E-state index in [1.54, 1.807) is 12.3 Å². The third-order valence-corrected chi connectivity index (χ3v) is 3.87. The number of fused-ring (bicyclic) bond motifs is 1. The van der Waals surface area contributed by atoms with Gasteiger partial charge >= 0.3 is 0 Å². The summed E-state index contributed by atoms with van der Waals surface area (Å²) in [5, 5.41) is 16.2. The van der Waals surface area contributed by atoms with Crippen molar-refractivity contribution in [2.45, 2.75) is 25.4 Å². The molecule has 3 N–H and O–H groups in total. The van der Waals surface area contributed by atoms with E-state index in [2.05, 4.69) is 11.1 Å². The van der Waals surface area contributed by atoms with Crippen molar-refractivity contribution >= 4 is 11.9 Å². The summed E-state index contributed by atoms with van der Waals surface area (Å²) < 4.78 is 6.04. The van der Waals surface area contributed by atoms with Gasteiger partial charge in [0.15, 0.2) is 0 Å². The summed E-state index contributed by atoms with van der Waals surface area (Å²) >= 11 is 0. The zero-order chi connectivity index (χ0) is 15.5. The lowest BCUT2D eigenvalue weighted by atomic mass is 9.88. The first-order valence-electron chi connectivity index (χ1n) is 7.17. The number of nitrogens with one attached hydrogen (secondary N) is 1. The van der Waals surface area contributed by atoms with Crippen LogP contribution in [0.3, 0.4) is 0 Å². The van der Waals surface area contributed by atoms with Crippen LogP contribution in [0.25, 0.3) is 0 Å². The number of benzene rings is 1. The maximum atomic E-state index is 9.00. The predicted molar refractivity (Wildman–Crippen MR) is 84.0 cm³/mol. The molecule has 110 valence electrons. The Morgan fingerprint density at radius 2 is 2.27 bits per heavy atom. The molecule has 1 aromatic heterocycles. The van der Waals surface area contributed by atoms with E-state index in [-0.39, 0.29) is 6.10 Å². The molecule has 0 radical (unpaired) electrons. The zero-order valence-corrected chi connectivity index (χ0v) is 12.0. The second-order valence-corrected chi connectivity index (χ2v) is 5.31. The molecule has 0 saturated heterocycles. The molecule has 0 fully saturated rings. The van der Waals surface area contributed by atoms with Crippen molar-refractivity contribution in [1.29, 1.82) is 10.7 Å². The summed E-state index contributed by atoms with van der Waals surface area (Å²) in [4.78, 5) is 4.11. The molecule has 0 spiro atoms. The minimum Gasteiger partial charge on any atom is -0.484 e. The molecule has 5 heteroatoms. The Morgan fingerprint density at radius 1 is 1.41 bits per heavy atom. The van der Waals surface area contributed by atoms with E-state index in [0.29, 0.717) is 22.7 Å². The van der Waals surface area contributed by atoms with E-state index in [9.17, 15) is 0 Å². The number of aryl methyl sites for hydroxylation is 1. The molecule has 0 aliphatic heterocycles. The third-order valence-electron chi connectivity index (χ3n) is 3.87. The highest BCUT2D eigenvalue weighted by Crippen LogP contribution is 2.34. The van der Waals surface area contributed by atoms with Gasteiger partial charge in [-0.15, -0.1) is 0 Å². The Hall–Kier alpha value is -2.87. The van der Waals surface area contributed by atoms with E-state index in [4.69, 9.17) is 21.1 Å². The van der Waals surface area contributed by atoms with E-state index in [1.165, 1.54) is 5.56 Å². The fourth-order valence-corrected chi connectivity index (χ4v) is 2.78. The average Bonchev–Trinajstić information content (AvgIpc) is 2.55. The normalized spacial score (nSPS) is 16.4. The fraction of sp³-hybridized carbons (Fsp3) is 0.235. The van der Waals surface area contributed by atoms with Gasteiger partial charge in [0.1, 0.15) is 17.5 Å².